The maximum atomic E-state index is 13.6. The van der Waals surface area contributed by atoms with Gasteiger partial charge in [-0.3, -0.25) is 4.79 Å². The zero-order valence-corrected chi connectivity index (χ0v) is 15.3. The fraction of sp³-hybridized carbons (Fsp3) is 0.500. The Morgan fingerprint density at radius 1 is 1.25 bits per heavy atom. The van der Waals surface area contributed by atoms with Crippen molar-refractivity contribution >= 4 is 22.5 Å². The third-order valence-electron chi connectivity index (χ3n) is 5.36. The number of amides is 1. The Morgan fingerprint density at radius 3 is 2.68 bits per heavy atom. The first-order valence-electron chi connectivity index (χ1n) is 9.50. The molecule has 4 rings (SSSR count). The van der Waals surface area contributed by atoms with E-state index >= 15 is 0 Å². The minimum Gasteiger partial charge on any atom is -0.398 e. The molecule has 1 aromatic carbocycles. The highest BCUT2D eigenvalue weighted by atomic mass is 19.4. The van der Waals surface area contributed by atoms with E-state index in [0.717, 1.165) is 38.4 Å². The first kappa shape index (κ1) is 19.0. The van der Waals surface area contributed by atoms with Crippen LogP contribution in [0.4, 0.5) is 18.9 Å². The molecule has 2 aliphatic rings. The summed E-state index contributed by atoms with van der Waals surface area (Å²) in [6.45, 7) is 1.68. The maximum absolute atomic E-state index is 13.6. The van der Waals surface area contributed by atoms with E-state index in [1.165, 1.54) is 6.07 Å². The molecule has 0 bridgehead atoms. The third-order valence-corrected chi connectivity index (χ3v) is 5.36. The highest BCUT2D eigenvalue weighted by Gasteiger charge is 2.36. The van der Waals surface area contributed by atoms with Gasteiger partial charge in [-0.1, -0.05) is 0 Å². The lowest BCUT2D eigenvalue weighted by Gasteiger charge is -2.22. The molecule has 1 amide bonds. The van der Waals surface area contributed by atoms with E-state index in [2.05, 4.69) is 10.3 Å². The van der Waals surface area contributed by atoms with E-state index in [9.17, 15) is 18.0 Å². The Balaban J connectivity index is 1.66. The number of nitrogens with zero attached hydrogens (tertiary/aromatic N) is 1. The summed E-state index contributed by atoms with van der Waals surface area (Å²) in [7, 11) is 0. The van der Waals surface area contributed by atoms with E-state index < -0.39 is 17.6 Å². The quantitative estimate of drug-likeness (QED) is 0.827. The second-order valence-corrected chi connectivity index (χ2v) is 7.63. The van der Waals surface area contributed by atoms with Crippen molar-refractivity contribution in [3.63, 3.8) is 0 Å². The standard InChI is InChI=1S/C20H22F3N3O2/c21-20(22,23)15-7-13(12-3-4-12)6-14-16(24)8-17(26-18(14)15)19(27)25-9-11-2-1-5-28-10-11/h6-8,11-12H,1-5,9-10H2,(H2,24,26)(H,25,27). The highest BCUT2D eigenvalue weighted by molar-refractivity contribution is 6.00. The number of fused-ring (bicyclic) bond motifs is 1. The van der Waals surface area contributed by atoms with Crippen molar-refractivity contribution in [1.29, 1.82) is 0 Å². The molecule has 2 heterocycles. The van der Waals surface area contributed by atoms with E-state index in [1.807, 2.05) is 0 Å². The van der Waals surface area contributed by atoms with Crippen LogP contribution in [0.1, 0.15) is 53.2 Å². The normalized spacial score (nSPS) is 20.3. The predicted molar refractivity (Wildman–Crippen MR) is 99.0 cm³/mol. The average Bonchev–Trinajstić information content (AvgIpc) is 3.50. The summed E-state index contributed by atoms with van der Waals surface area (Å²) < 4.78 is 46.3. The molecule has 5 nitrogen and oxygen atoms in total. The van der Waals surface area contributed by atoms with Gasteiger partial charge in [0.2, 0.25) is 0 Å². The Hall–Kier alpha value is -2.35. The smallest absolute Gasteiger partial charge is 0.398 e. The van der Waals surface area contributed by atoms with Gasteiger partial charge < -0.3 is 15.8 Å². The van der Waals surface area contributed by atoms with Gasteiger partial charge in [-0.15, -0.1) is 0 Å². The SMILES string of the molecule is Nc1cc(C(=O)NCC2CCCOC2)nc2c(C(F)(F)F)cc(C3CC3)cc12. The summed E-state index contributed by atoms with van der Waals surface area (Å²) in [5.41, 5.74) is 5.57. The van der Waals surface area contributed by atoms with Gasteiger partial charge in [0, 0.05) is 24.2 Å². The third kappa shape index (κ3) is 3.92. The number of benzene rings is 1. The van der Waals surface area contributed by atoms with Gasteiger partial charge in [-0.2, -0.15) is 13.2 Å². The first-order chi connectivity index (χ1) is 13.3. The van der Waals surface area contributed by atoms with E-state index in [-0.39, 0.29) is 34.1 Å². The van der Waals surface area contributed by atoms with Gasteiger partial charge in [0.1, 0.15) is 5.69 Å². The predicted octanol–water partition coefficient (Wildman–Crippen LogP) is 3.87. The van der Waals surface area contributed by atoms with Crippen LogP contribution in [0, 0.1) is 5.92 Å². The number of alkyl halides is 3. The summed E-state index contributed by atoms with van der Waals surface area (Å²) >= 11 is 0. The van der Waals surface area contributed by atoms with Crippen molar-refractivity contribution in [2.75, 3.05) is 25.5 Å². The molecule has 2 aromatic rings. The van der Waals surface area contributed by atoms with Crippen LogP contribution in [0.5, 0.6) is 0 Å². The van der Waals surface area contributed by atoms with Crippen LogP contribution in [-0.4, -0.2) is 30.6 Å². The molecule has 150 valence electrons. The molecule has 28 heavy (non-hydrogen) atoms. The average molecular weight is 393 g/mol. The molecule has 1 saturated carbocycles. The number of pyridine rings is 1. The molecule has 1 aliphatic heterocycles. The molecule has 2 fully saturated rings. The Morgan fingerprint density at radius 2 is 2.04 bits per heavy atom. The van der Waals surface area contributed by atoms with Crippen molar-refractivity contribution in [3.05, 3.63) is 35.0 Å². The van der Waals surface area contributed by atoms with Crippen LogP contribution >= 0.6 is 0 Å². The summed E-state index contributed by atoms with van der Waals surface area (Å²) in [4.78, 5) is 16.5. The van der Waals surface area contributed by atoms with Crippen LogP contribution in [0.25, 0.3) is 10.9 Å². The number of carbonyl (C=O) groups excluding carboxylic acids is 1. The molecule has 1 atom stereocenters. The molecule has 1 aliphatic carbocycles. The number of nitrogens with one attached hydrogen (secondary N) is 1. The number of nitrogens with two attached hydrogens (primary N) is 1. The maximum Gasteiger partial charge on any atom is 0.418 e. The number of rotatable bonds is 4. The molecule has 0 radical (unpaired) electrons. The van der Waals surface area contributed by atoms with Gasteiger partial charge in [-0.05, 0) is 61.3 Å². The second kappa shape index (κ2) is 7.24. The summed E-state index contributed by atoms with van der Waals surface area (Å²) in [6, 6.07) is 4.17. The molecule has 8 heteroatoms. The summed E-state index contributed by atoms with van der Waals surface area (Å²) in [5, 5.41) is 2.98. The number of halogens is 3. The zero-order valence-electron chi connectivity index (χ0n) is 15.3. The molecule has 1 unspecified atom stereocenters. The summed E-state index contributed by atoms with van der Waals surface area (Å²) in [5.74, 6) is -0.188. The van der Waals surface area contributed by atoms with Gasteiger partial charge in [0.15, 0.2) is 0 Å². The van der Waals surface area contributed by atoms with Crippen molar-refractivity contribution in [2.24, 2.45) is 5.92 Å². The van der Waals surface area contributed by atoms with Crippen LogP contribution < -0.4 is 11.1 Å². The Labute approximate surface area is 160 Å². The molecular weight excluding hydrogens is 371 g/mol. The largest absolute Gasteiger partial charge is 0.418 e. The Kier molecular flexibility index (Phi) is 4.91. The number of hydrogen-bond acceptors (Lipinski definition) is 4. The highest BCUT2D eigenvalue weighted by Crippen LogP contribution is 2.45. The van der Waals surface area contributed by atoms with Gasteiger partial charge in [0.05, 0.1) is 17.7 Å². The molecular formula is C20H22F3N3O2. The molecule has 0 spiro atoms. The number of nitrogen functional groups attached to an aromatic ring is 1. The van der Waals surface area contributed by atoms with E-state index in [0.29, 0.717) is 18.7 Å². The van der Waals surface area contributed by atoms with Crippen molar-refractivity contribution in [2.45, 2.75) is 37.8 Å². The lowest BCUT2D eigenvalue weighted by atomic mass is 10.00. The van der Waals surface area contributed by atoms with E-state index in [1.54, 1.807) is 6.07 Å². The zero-order chi connectivity index (χ0) is 19.9. The fourth-order valence-corrected chi connectivity index (χ4v) is 3.66. The number of hydrogen-bond donors (Lipinski definition) is 2. The van der Waals surface area contributed by atoms with E-state index in [4.69, 9.17) is 10.5 Å². The van der Waals surface area contributed by atoms with Gasteiger partial charge in [-0.25, -0.2) is 4.98 Å². The van der Waals surface area contributed by atoms with Gasteiger partial charge in [0.25, 0.3) is 5.91 Å². The van der Waals surface area contributed by atoms with Crippen LogP contribution in [0.15, 0.2) is 18.2 Å². The first-order valence-corrected chi connectivity index (χ1v) is 9.50. The number of ether oxygens (including phenoxy) is 1. The van der Waals surface area contributed by atoms with Crippen molar-refractivity contribution < 1.29 is 22.7 Å². The second-order valence-electron chi connectivity index (χ2n) is 7.63. The minimum atomic E-state index is -4.57. The number of carbonyl (C=O) groups is 1. The van der Waals surface area contributed by atoms with Crippen LogP contribution in [-0.2, 0) is 10.9 Å². The van der Waals surface area contributed by atoms with Crippen molar-refractivity contribution in [3.8, 4) is 0 Å². The summed E-state index contributed by atoms with van der Waals surface area (Å²) in [6.07, 6.45) is -0.949. The lowest BCUT2D eigenvalue weighted by Crippen LogP contribution is -2.33. The monoisotopic (exact) mass is 393 g/mol. The number of aromatic nitrogens is 1. The van der Waals surface area contributed by atoms with Crippen molar-refractivity contribution in [1.82, 2.24) is 10.3 Å². The number of anilines is 1. The topological polar surface area (TPSA) is 77.2 Å². The minimum absolute atomic E-state index is 0.105. The molecule has 3 N–H and O–H groups in total. The van der Waals surface area contributed by atoms with Crippen LogP contribution in [0.2, 0.25) is 0 Å². The van der Waals surface area contributed by atoms with Crippen LogP contribution in [0.3, 0.4) is 0 Å². The Bertz CT molecular complexity index is 904. The lowest BCUT2D eigenvalue weighted by molar-refractivity contribution is -0.136. The fourth-order valence-electron chi connectivity index (χ4n) is 3.66. The molecule has 1 saturated heterocycles. The van der Waals surface area contributed by atoms with Gasteiger partial charge >= 0.3 is 6.18 Å². The molecule has 1 aromatic heterocycles.